The maximum absolute atomic E-state index is 13.0. The van der Waals surface area contributed by atoms with Gasteiger partial charge in [0, 0.05) is 13.3 Å². The lowest BCUT2D eigenvalue weighted by molar-refractivity contribution is -0.146. The van der Waals surface area contributed by atoms with Gasteiger partial charge in [-0.05, 0) is 23.6 Å². The summed E-state index contributed by atoms with van der Waals surface area (Å²) in [5.41, 5.74) is 0.688. The van der Waals surface area contributed by atoms with Gasteiger partial charge >= 0.3 is 5.97 Å². The highest BCUT2D eigenvalue weighted by Gasteiger charge is 2.30. The SMILES string of the molecule is CC[C@H](C)[C@@H](NC(=O)[C@H](Cc1ccc(F)cc1)NC(C)=O)C(=O)OC. The summed E-state index contributed by atoms with van der Waals surface area (Å²) in [4.78, 5) is 35.9. The van der Waals surface area contributed by atoms with Gasteiger partial charge in [0.25, 0.3) is 0 Å². The van der Waals surface area contributed by atoms with E-state index in [1.165, 1.54) is 26.2 Å². The highest BCUT2D eigenvalue weighted by molar-refractivity contribution is 5.90. The van der Waals surface area contributed by atoms with Crippen molar-refractivity contribution in [2.45, 2.75) is 45.7 Å². The maximum Gasteiger partial charge on any atom is 0.328 e. The van der Waals surface area contributed by atoms with Crippen molar-refractivity contribution >= 4 is 17.8 Å². The summed E-state index contributed by atoms with van der Waals surface area (Å²) in [6.07, 6.45) is 0.850. The number of hydrogen-bond acceptors (Lipinski definition) is 4. The van der Waals surface area contributed by atoms with Crippen molar-refractivity contribution in [2.75, 3.05) is 7.11 Å². The van der Waals surface area contributed by atoms with Crippen molar-refractivity contribution in [2.24, 2.45) is 5.92 Å². The lowest BCUT2D eigenvalue weighted by Gasteiger charge is -2.25. The van der Waals surface area contributed by atoms with Gasteiger partial charge in [-0.3, -0.25) is 9.59 Å². The zero-order valence-corrected chi connectivity index (χ0v) is 15.0. The van der Waals surface area contributed by atoms with Crippen LogP contribution in [-0.4, -0.2) is 37.0 Å². The summed E-state index contributed by atoms with van der Waals surface area (Å²) in [5.74, 6) is -1.91. The van der Waals surface area contributed by atoms with Gasteiger partial charge in [-0.1, -0.05) is 32.4 Å². The second-order valence-corrected chi connectivity index (χ2v) is 5.98. The van der Waals surface area contributed by atoms with Crippen LogP contribution in [-0.2, 0) is 25.5 Å². The van der Waals surface area contributed by atoms with E-state index in [0.29, 0.717) is 12.0 Å². The maximum atomic E-state index is 13.0. The molecule has 2 N–H and O–H groups in total. The van der Waals surface area contributed by atoms with E-state index >= 15 is 0 Å². The van der Waals surface area contributed by atoms with Crippen LogP contribution in [0.15, 0.2) is 24.3 Å². The van der Waals surface area contributed by atoms with E-state index in [0.717, 1.165) is 0 Å². The molecule has 0 aliphatic rings. The summed E-state index contributed by atoms with van der Waals surface area (Å²) < 4.78 is 17.8. The van der Waals surface area contributed by atoms with Crippen molar-refractivity contribution < 1.29 is 23.5 Å². The zero-order chi connectivity index (χ0) is 19.0. The number of esters is 1. The van der Waals surface area contributed by atoms with E-state index in [1.807, 2.05) is 13.8 Å². The molecule has 1 rings (SSSR count). The Hall–Kier alpha value is -2.44. The fourth-order valence-corrected chi connectivity index (χ4v) is 2.36. The molecule has 1 aromatic carbocycles. The predicted octanol–water partition coefficient (Wildman–Crippen LogP) is 1.58. The van der Waals surface area contributed by atoms with Crippen LogP contribution in [0.1, 0.15) is 32.8 Å². The van der Waals surface area contributed by atoms with Crippen LogP contribution >= 0.6 is 0 Å². The molecular weight excluding hydrogens is 327 g/mol. The van der Waals surface area contributed by atoms with E-state index in [2.05, 4.69) is 10.6 Å². The molecule has 7 heteroatoms. The van der Waals surface area contributed by atoms with Crippen molar-refractivity contribution in [1.29, 1.82) is 0 Å². The number of carbonyl (C=O) groups is 3. The second kappa shape index (κ2) is 9.76. The molecule has 0 spiro atoms. The average Bonchev–Trinajstić information content (AvgIpc) is 2.59. The second-order valence-electron chi connectivity index (χ2n) is 5.98. The summed E-state index contributed by atoms with van der Waals surface area (Å²) in [6.45, 7) is 5.03. The molecule has 0 radical (unpaired) electrons. The van der Waals surface area contributed by atoms with E-state index in [1.54, 1.807) is 12.1 Å². The van der Waals surface area contributed by atoms with Gasteiger partial charge < -0.3 is 15.4 Å². The topological polar surface area (TPSA) is 84.5 Å². The molecule has 25 heavy (non-hydrogen) atoms. The third kappa shape index (κ3) is 6.52. The summed E-state index contributed by atoms with van der Waals surface area (Å²) in [7, 11) is 1.26. The largest absolute Gasteiger partial charge is 0.467 e. The number of ether oxygens (including phenoxy) is 1. The third-order valence-electron chi connectivity index (χ3n) is 4.01. The first-order chi connectivity index (χ1) is 11.8. The molecule has 0 bridgehead atoms. The minimum atomic E-state index is -0.876. The number of benzene rings is 1. The highest BCUT2D eigenvalue weighted by Crippen LogP contribution is 2.11. The summed E-state index contributed by atoms with van der Waals surface area (Å²) in [5, 5.41) is 5.22. The number of methoxy groups -OCH3 is 1. The van der Waals surface area contributed by atoms with Crippen LogP contribution in [0.25, 0.3) is 0 Å². The van der Waals surface area contributed by atoms with Crippen molar-refractivity contribution in [3.8, 4) is 0 Å². The number of nitrogens with one attached hydrogen (secondary N) is 2. The number of halogens is 1. The fraction of sp³-hybridized carbons (Fsp3) is 0.500. The Balaban J connectivity index is 2.92. The van der Waals surface area contributed by atoms with Gasteiger partial charge in [-0.2, -0.15) is 0 Å². The lowest BCUT2D eigenvalue weighted by Crippen LogP contribution is -2.54. The van der Waals surface area contributed by atoms with E-state index in [-0.39, 0.29) is 24.1 Å². The monoisotopic (exact) mass is 352 g/mol. The first-order valence-corrected chi connectivity index (χ1v) is 8.18. The van der Waals surface area contributed by atoms with Gasteiger partial charge in [0.1, 0.15) is 17.9 Å². The molecular formula is C18H25FN2O4. The van der Waals surface area contributed by atoms with Gasteiger partial charge in [0.05, 0.1) is 7.11 Å². The average molecular weight is 352 g/mol. The Labute approximate surface area is 147 Å². The molecule has 3 atom stereocenters. The number of carbonyl (C=O) groups excluding carboxylic acids is 3. The normalized spacial score (nSPS) is 14.1. The van der Waals surface area contributed by atoms with Crippen molar-refractivity contribution in [1.82, 2.24) is 10.6 Å². The van der Waals surface area contributed by atoms with E-state index < -0.39 is 24.0 Å². The third-order valence-corrected chi connectivity index (χ3v) is 4.01. The Morgan fingerprint density at radius 1 is 1.16 bits per heavy atom. The van der Waals surface area contributed by atoms with Crippen LogP contribution in [0.3, 0.4) is 0 Å². The molecule has 6 nitrogen and oxygen atoms in total. The minimum absolute atomic E-state index is 0.125. The van der Waals surface area contributed by atoms with Crippen molar-refractivity contribution in [3.05, 3.63) is 35.6 Å². The summed E-state index contributed by atoms with van der Waals surface area (Å²) >= 11 is 0. The first-order valence-electron chi connectivity index (χ1n) is 8.18. The van der Waals surface area contributed by atoms with Gasteiger partial charge in [-0.25, -0.2) is 9.18 Å². The molecule has 0 saturated heterocycles. The Kier molecular flexibility index (Phi) is 8.04. The molecule has 1 aromatic rings. The van der Waals surface area contributed by atoms with E-state index in [9.17, 15) is 18.8 Å². The first kappa shape index (κ1) is 20.6. The zero-order valence-electron chi connectivity index (χ0n) is 15.0. The summed E-state index contributed by atoms with van der Waals surface area (Å²) in [6, 6.07) is 3.99. The van der Waals surface area contributed by atoms with Crippen LogP contribution in [0.2, 0.25) is 0 Å². The molecule has 0 aliphatic heterocycles. The fourth-order valence-electron chi connectivity index (χ4n) is 2.36. The quantitative estimate of drug-likeness (QED) is 0.696. The molecule has 0 unspecified atom stereocenters. The molecule has 0 saturated carbocycles. The van der Waals surface area contributed by atoms with Gasteiger partial charge in [0.15, 0.2) is 0 Å². The van der Waals surface area contributed by atoms with Crippen LogP contribution in [0.5, 0.6) is 0 Å². The van der Waals surface area contributed by atoms with Gasteiger partial charge in [-0.15, -0.1) is 0 Å². The molecule has 0 fully saturated rings. The predicted molar refractivity (Wildman–Crippen MR) is 91.1 cm³/mol. The van der Waals surface area contributed by atoms with Gasteiger partial charge in [0.2, 0.25) is 11.8 Å². The number of hydrogen-bond donors (Lipinski definition) is 2. The highest BCUT2D eigenvalue weighted by atomic mass is 19.1. The molecule has 2 amide bonds. The Bertz CT molecular complexity index is 604. The van der Waals surface area contributed by atoms with E-state index in [4.69, 9.17) is 4.74 Å². The van der Waals surface area contributed by atoms with Crippen LogP contribution < -0.4 is 10.6 Å². The lowest BCUT2D eigenvalue weighted by atomic mass is 9.98. The molecule has 138 valence electrons. The van der Waals surface area contributed by atoms with Crippen LogP contribution in [0, 0.1) is 11.7 Å². The number of amides is 2. The van der Waals surface area contributed by atoms with Crippen molar-refractivity contribution in [3.63, 3.8) is 0 Å². The minimum Gasteiger partial charge on any atom is -0.467 e. The smallest absolute Gasteiger partial charge is 0.328 e. The Morgan fingerprint density at radius 3 is 2.24 bits per heavy atom. The Morgan fingerprint density at radius 2 is 1.76 bits per heavy atom. The molecule has 0 heterocycles. The molecule has 0 aliphatic carbocycles. The molecule has 0 aromatic heterocycles. The van der Waals surface area contributed by atoms with Crippen LogP contribution in [0.4, 0.5) is 4.39 Å². The standard InChI is InChI=1S/C18H25FN2O4/c1-5-11(2)16(18(24)25-4)21-17(23)15(20-12(3)22)10-13-6-8-14(19)9-7-13/h6-9,11,15-16H,5,10H2,1-4H3,(H,20,22)(H,21,23)/t11-,15-,16+/m0/s1. The number of rotatable bonds is 8.